The molecule has 2 saturated heterocycles. The molecule has 1 atom stereocenters. The number of aliphatic carboxylic acids is 1. The summed E-state index contributed by atoms with van der Waals surface area (Å²) in [5.41, 5.74) is 0.106. The van der Waals surface area contributed by atoms with Gasteiger partial charge in [0.25, 0.3) is 0 Å². The number of hydrogen-bond acceptors (Lipinski definition) is 4. The van der Waals surface area contributed by atoms with E-state index in [4.69, 9.17) is 21.3 Å². The summed E-state index contributed by atoms with van der Waals surface area (Å²) in [5, 5.41) is 11.6. The number of halogens is 1. The van der Waals surface area contributed by atoms with Gasteiger partial charge < -0.3 is 14.7 Å². The molecule has 0 bridgehead atoms. The van der Waals surface area contributed by atoms with Gasteiger partial charge in [0.2, 0.25) is 0 Å². The predicted molar refractivity (Wildman–Crippen MR) is 106 cm³/mol. The number of carboxylic acid groups (broad SMARTS) is 1. The number of benzene rings is 1. The summed E-state index contributed by atoms with van der Waals surface area (Å²) in [6.45, 7) is 2.12. The zero-order chi connectivity index (χ0) is 18.9. The molecule has 0 saturated carbocycles. The van der Waals surface area contributed by atoms with Crippen LogP contribution in [0.2, 0.25) is 5.02 Å². The van der Waals surface area contributed by atoms with E-state index < -0.39 is 11.4 Å². The van der Waals surface area contributed by atoms with E-state index in [9.17, 15) is 9.90 Å². The fraction of sp³-hybridized carbons (Fsp3) is 0.524. The number of aromatic nitrogens is 1. The van der Waals surface area contributed by atoms with Gasteiger partial charge in [-0.05, 0) is 56.7 Å². The molecule has 2 aromatic rings. The third kappa shape index (κ3) is 3.76. The van der Waals surface area contributed by atoms with Crippen molar-refractivity contribution in [3.63, 3.8) is 0 Å². The molecule has 1 aromatic heterocycles. The number of piperidine rings is 1. The van der Waals surface area contributed by atoms with Gasteiger partial charge in [0.1, 0.15) is 5.82 Å². The molecule has 6 heteroatoms. The Labute approximate surface area is 164 Å². The largest absolute Gasteiger partial charge is 0.481 e. The monoisotopic (exact) mass is 388 g/mol. The number of ether oxygens (including phenoxy) is 1. The number of anilines is 1. The zero-order valence-corrected chi connectivity index (χ0v) is 16.1. The lowest BCUT2D eigenvalue weighted by Crippen LogP contribution is -2.47. The molecular formula is C21H25ClN2O3. The highest BCUT2D eigenvalue weighted by atomic mass is 35.5. The average molecular weight is 389 g/mol. The first-order valence-electron chi connectivity index (χ1n) is 9.73. The maximum absolute atomic E-state index is 12.1. The number of para-hydroxylation sites is 1. The third-order valence-electron chi connectivity index (χ3n) is 6.05. The Morgan fingerprint density at radius 2 is 2.07 bits per heavy atom. The van der Waals surface area contributed by atoms with Crippen LogP contribution in [0.25, 0.3) is 10.9 Å². The summed E-state index contributed by atoms with van der Waals surface area (Å²) in [5.74, 6) is 0.175. The van der Waals surface area contributed by atoms with Gasteiger partial charge in [0.05, 0.1) is 22.1 Å². The number of nitrogens with zero attached hydrogens (tertiary/aromatic N) is 2. The number of fused-ring (bicyclic) bond motifs is 1. The maximum atomic E-state index is 12.1. The molecule has 0 amide bonds. The van der Waals surface area contributed by atoms with E-state index in [-0.39, 0.29) is 6.10 Å². The first-order valence-corrected chi connectivity index (χ1v) is 10.1. The molecule has 144 valence electrons. The lowest BCUT2D eigenvalue weighted by atomic mass is 9.73. The van der Waals surface area contributed by atoms with Crippen LogP contribution in [0.5, 0.6) is 0 Å². The average Bonchev–Trinajstić information content (AvgIpc) is 2.69. The summed E-state index contributed by atoms with van der Waals surface area (Å²) in [6.07, 6.45) is 5.12. The van der Waals surface area contributed by atoms with Gasteiger partial charge in [-0.2, -0.15) is 0 Å². The second-order valence-corrected chi connectivity index (χ2v) is 8.15. The van der Waals surface area contributed by atoms with E-state index in [0.717, 1.165) is 42.6 Å². The molecule has 3 heterocycles. The summed E-state index contributed by atoms with van der Waals surface area (Å²) < 4.78 is 5.82. The van der Waals surface area contributed by atoms with Crippen molar-refractivity contribution < 1.29 is 14.6 Å². The molecule has 4 rings (SSSR count). The van der Waals surface area contributed by atoms with Crippen molar-refractivity contribution in [3.8, 4) is 0 Å². The van der Waals surface area contributed by atoms with Crippen LogP contribution in [0.4, 0.5) is 5.82 Å². The van der Waals surface area contributed by atoms with Crippen molar-refractivity contribution in [2.75, 3.05) is 24.6 Å². The predicted octanol–water partition coefficient (Wildman–Crippen LogP) is 4.52. The zero-order valence-electron chi connectivity index (χ0n) is 15.4. The van der Waals surface area contributed by atoms with Crippen LogP contribution in [0, 0.1) is 5.41 Å². The molecule has 0 aliphatic carbocycles. The first kappa shape index (κ1) is 18.5. The summed E-state index contributed by atoms with van der Waals surface area (Å²) >= 11 is 6.29. The minimum absolute atomic E-state index is 0.0824. The minimum Gasteiger partial charge on any atom is -0.481 e. The van der Waals surface area contributed by atoms with Crippen LogP contribution in [0.1, 0.15) is 38.5 Å². The number of hydrogen-bond donors (Lipinski definition) is 1. The van der Waals surface area contributed by atoms with Crippen LogP contribution >= 0.6 is 11.6 Å². The topological polar surface area (TPSA) is 62.7 Å². The normalized spacial score (nSPS) is 22.7. The number of pyridine rings is 1. The van der Waals surface area contributed by atoms with Crippen molar-refractivity contribution in [1.82, 2.24) is 4.98 Å². The Morgan fingerprint density at radius 1 is 1.26 bits per heavy atom. The first-order chi connectivity index (χ1) is 13.1. The van der Waals surface area contributed by atoms with Gasteiger partial charge in [-0.25, -0.2) is 4.98 Å². The van der Waals surface area contributed by atoms with Crippen molar-refractivity contribution in [3.05, 3.63) is 35.4 Å². The molecule has 0 unspecified atom stereocenters. The Kier molecular flexibility index (Phi) is 5.24. The second kappa shape index (κ2) is 7.64. The molecule has 2 aliphatic heterocycles. The molecule has 27 heavy (non-hydrogen) atoms. The molecule has 1 aromatic carbocycles. The van der Waals surface area contributed by atoms with Crippen LogP contribution in [-0.2, 0) is 9.53 Å². The quantitative estimate of drug-likeness (QED) is 0.834. The van der Waals surface area contributed by atoms with Crippen LogP contribution in [0.3, 0.4) is 0 Å². The Morgan fingerprint density at radius 3 is 2.78 bits per heavy atom. The highest BCUT2D eigenvalue weighted by Gasteiger charge is 2.43. The molecule has 0 radical (unpaired) electrons. The van der Waals surface area contributed by atoms with Gasteiger partial charge in [0.15, 0.2) is 0 Å². The van der Waals surface area contributed by atoms with E-state index in [2.05, 4.69) is 4.90 Å². The maximum Gasteiger partial charge on any atom is 0.309 e. The lowest BCUT2D eigenvalue weighted by molar-refractivity contribution is -0.154. The molecule has 1 N–H and O–H groups in total. The summed E-state index contributed by atoms with van der Waals surface area (Å²) in [4.78, 5) is 19.0. The Balaban J connectivity index is 1.49. The van der Waals surface area contributed by atoms with E-state index in [0.29, 0.717) is 37.4 Å². The van der Waals surface area contributed by atoms with Crippen LogP contribution in [0.15, 0.2) is 30.3 Å². The van der Waals surface area contributed by atoms with Gasteiger partial charge in [-0.15, -0.1) is 0 Å². The fourth-order valence-electron chi connectivity index (χ4n) is 4.35. The minimum atomic E-state index is -0.689. The van der Waals surface area contributed by atoms with Crippen LogP contribution < -0.4 is 4.90 Å². The van der Waals surface area contributed by atoms with Crippen molar-refractivity contribution in [2.24, 2.45) is 5.41 Å². The van der Waals surface area contributed by atoms with E-state index in [1.165, 1.54) is 0 Å². The molecule has 2 aliphatic rings. The van der Waals surface area contributed by atoms with E-state index >= 15 is 0 Å². The number of carbonyl (C=O) groups is 1. The molecule has 2 fully saturated rings. The number of carboxylic acids is 1. The fourth-order valence-corrected chi connectivity index (χ4v) is 4.57. The summed E-state index contributed by atoms with van der Waals surface area (Å²) in [6, 6.07) is 9.78. The highest BCUT2D eigenvalue weighted by molar-refractivity contribution is 6.35. The lowest BCUT2D eigenvalue weighted by Gasteiger charge is -2.41. The van der Waals surface area contributed by atoms with Crippen molar-refractivity contribution >= 4 is 34.3 Å². The van der Waals surface area contributed by atoms with Gasteiger partial charge >= 0.3 is 5.97 Å². The summed E-state index contributed by atoms with van der Waals surface area (Å²) in [7, 11) is 0. The smallest absolute Gasteiger partial charge is 0.309 e. The van der Waals surface area contributed by atoms with Crippen molar-refractivity contribution in [2.45, 2.75) is 44.6 Å². The van der Waals surface area contributed by atoms with Crippen LogP contribution in [-0.4, -0.2) is 41.9 Å². The standard InChI is InChI=1S/C21H25ClN2O3/c22-17-6-3-4-15-7-8-18(23-19(15)17)24-11-9-21(10-12-24,20(25)26)14-16-5-1-2-13-27-16/h3-4,6-8,16H,1-2,5,9-14H2,(H,25,26)/t16-/m1/s1. The van der Waals surface area contributed by atoms with Gasteiger partial charge in [-0.3, -0.25) is 4.79 Å². The molecule has 0 spiro atoms. The molecular weight excluding hydrogens is 364 g/mol. The third-order valence-corrected chi connectivity index (χ3v) is 6.35. The van der Waals surface area contributed by atoms with Gasteiger partial charge in [0, 0.05) is 25.1 Å². The Hall–Kier alpha value is -1.85. The highest BCUT2D eigenvalue weighted by Crippen LogP contribution is 2.40. The SMILES string of the molecule is O=C(O)C1(C[C@H]2CCCCO2)CCN(c2ccc3cccc(Cl)c3n2)CC1. The Bertz CT molecular complexity index is 827. The van der Waals surface area contributed by atoms with Crippen molar-refractivity contribution in [1.29, 1.82) is 0 Å². The molecule has 5 nitrogen and oxygen atoms in total. The van der Waals surface area contributed by atoms with E-state index in [1.54, 1.807) is 0 Å². The van der Waals surface area contributed by atoms with Gasteiger partial charge in [-0.1, -0.05) is 23.7 Å². The second-order valence-electron chi connectivity index (χ2n) is 7.75. The van der Waals surface area contributed by atoms with E-state index in [1.807, 2.05) is 30.3 Å². The number of rotatable bonds is 4.